The Kier molecular flexibility index (Phi) is 8.68. The molecule has 0 aliphatic carbocycles. The van der Waals surface area contributed by atoms with E-state index in [4.69, 9.17) is 9.47 Å². The minimum absolute atomic E-state index is 0.156. The lowest BCUT2D eigenvalue weighted by Gasteiger charge is -2.14. The molecule has 0 saturated carbocycles. The monoisotopic (exact) mass is 402 g/mol. The molecule has 2 aromatic rings. The molecule has 2 N–H and O–H groups in total. The molecule has 2 amide bonds. The first-order chi connectivity index (χ1) is 13.5. The second kappa shape index (κ2) is 11.2. The topological polar surface area (TPSA) is 76.7 Å². The van der Waals surface area contributed by atoms with Crippen LogP contribution in [0.1, 0.15) is 20.8 Å². The highest BCUT2D eigenvalue weighted by Crippen LogP contribution is 2.24. The molecule has 0 fully saturated rings. The molecule has 7 heteroatoms. The van der Waals surface area contributed by atoms with Gasteiger partial charge < -0.3 is 20.1 Å². The minimum Gasteiger partial charge on any atom is -0.494 e. The molecule has 2 aromatic carbocycles. The molecule has 0 aliphatic rings. The molecule has 0 bridgehead atoms. The largest absolute Gasteiger partial charge is 0.494 e. The number of carbonyl (C=O) groups is 2. The number of para-hydroxylation sites is 2. The molecule has 0 aromatic heterocycles. The third kappa shape index (κ3) is 6.81. The van der Waals surface area contributed by atoms with Crippen LogP contribution in [0.15, 0.2) is 48.5 Å². The molecular weight excluding hydrogens is 376 g/mol. The zero-order valence-electron chi connectivity index (χ0n) is 16.4. The van der Waals surface area contributed by atoms with Crippen molar-refractivity contribution in [3.63, 3.8) is 0 Å². The van der Waals surface area contributed by atoms with E-state index in [0.29, 0.717) is 30.3 Å². The van der Waals surface area contributed by atoms with Gasteiger partial charge in [-0.3, -0.25) is 9.59 Å². The molecule has 150 valence electrons. The maximum absolute atomic E-state index is 12.3. The van der Waals surface area contributed by atoms with Gasteiger partial charge in [0.2, 0.25) is 11.8 Å². The fourth-order valence-electron chi connectivity index (χ4n) is 2.36. The van der Waals surface area contributed by atoms with Crippen LogP contribution in [0.3, 0.4) is 0 Å². The molecule has 0 aliphatic heterocycles. The number of amides is 2. The number of ether oxygens (including phenoxy) is 2. The smallest absolute Gasteiger partial charge is 0.237 e. The van der Waals surface area contributed by atoms with Gasteiger partial charge in [-0.15, -0.1) is 11.8 Å². The van der Waals surface area contributed by atoms with Crippen molar-refractivity contribution in [2.75, 3.05) is 29.6 Å². The van der Waals surface area contributed by atoms with E-state index in [1.165, 1.54) is 11.8 Å². The third-order valence-electron chi connectivity index (χ3n) is 3.73. The van der Waals surface area contributed by atoms with Crippen molar-refractivity contribution in [1.29, 1.82) is 0 Å². The van der Waals surface area contributed by atoms with Crippen LogP contribution in [-0.2, 0) is 9.59 Å². The maximum Gasteiger partial charge on any atom is 0.237 e. The van der Waals surface area contributed by atoms with Crippen LogP contribution in [0.2, 0.25) is 0 Å². The van der Waals surface area contributed by atoms with E-state index in [2.05, 4.69) is 10.6 Å². The second-order valence-corrected chi connectivity index (χ2v) is 7.21. The zero-order valence-corrected chi connectivity index (χ0v) is 17.2. The summed E-state index contributed by atoms with van der Waals surface area (Å²) in [6, 6.07) is 14.5. The van der Waals surface area contributed by atoms with E-state index in [1.807, 2.05) is 26.0 Å². The summed E-state index contributed by atoms with van der Waals surface area (Å²) in [5.74, 6) is 1.21. The van der Waals surface area contributed by atoms with Gasteiger partial charge in [0.15, 0.2) is 0 Å². The quantitative estimate of drug-likeness (QED) is 0.623. The highest BCUT2D eigenvalue weighted by atomic mass is 32.2. The van der Waals surface area contributed by atoms with Crippen LogP contribution in [0.4, 0.5) is 11.4 Å². The van der Waals surface area contributed by atoms with Crippen molar-refractivity contribution in [2.24, 2.45) is 0 Å². The summed E-state index contributed by atoms with van der Waals surface area (Å²) in [6.45, 7) is 6.69. The van der Waals surface area contributed by atoms with Gasteiger partial charge in [-0.05, 0) is 57.2 Å². The number of hydrogen-bond donors (Lipinski definition) is 2. The molecule has 0 saturated heterocycles. The molecule has 0 radical (unpaired) electrons. The Labute approximate surface area is 170 Å². The average molecular weight is 403 g/mol. The molecule has 0 spiro atoms. The first-order valence-electron chi connectivity index (χ1n) is 9.20. The second-order valence-electron chi connectivity index (χ2n) is 5.88. The number of rotatable bonds is 10. The first kappa shape index (κ1) is 21.6. The molecule has 1 unspecified atom stereocenters. The number of benzene rings is 2. The van der Waals surface area contributed by atoms with Crippen LogP contribution in [0, 0.1) is 0 Å². The molecule has 28 heavy (non-hydrogen) atoms. The van der Waals surface area contributed by atoms with Gasteiger partial charge in [0.05, 0.1) is 29.9 Å². The van der Waals surface area contributed by atoms with Gasteiger partial charge in [0.1, 0.15) is 11.5 Å². The van der Waals surface area contributed by atoms with Crippen LogP contribution < -0.4 is 20.1 Å². The van der Waals surface area contributed by atoms with E-state index in [0.717, 1.165) is 5.75 Å². The zero-order chi connectivity index (χ0) is 20.4. The predicted octanol–water partition coefficient (Wildman–Crippen LogP) is 4.18. The summed E-state index contributed by atoms with van der Waals surface area (Å²) in [5.41, 5.74) is 1.32. The fourth-order valence-corrected chi connectivity index (χ4v) is 3.04. The molecular formula is C21H26N2O4S. The Morgan fingerprint density at radius 2 is 1.64 bits per heavy atom. The van der Waals surface area contributed by atoms with Crippen molar-refractivity contribution in [2.45, 2.75) is 26.0 Å². The minimum atomic E-state index is -0.376. The number of thioether (sulfide) groups is 1. The summed E-state index contributed by atoms with van der Waals surface area (Å²) < 4.78 is 10.9. The van der Waals surface area contributed by atoms with Crippen molar-refractivity contribution in [3.8, 4) is 11.5 Å². The maximum atomic E-state index is 12.3. The molecule has 6 nitrogen and oxygen atoms in total. The van der Waals surface area contributed by atoms with E-state index < -0.39 is 0 Å². The van der Waals surface area contributed by atoms with Gasteiger partial charge in [0, 0.05) is 5.69 Å². The Hall–Kier alpha value is -2.67. The van der Waals surface area contributed by atoms with E-state index in [-0.39, 0.29) is 22.8 Å². The lowest BCUT2D eigenvalue weighted by atomic mass is 10.3. The highest BCUT2D eigenvalue weighted by molar-refractivity contribution is 8.01. The molecule has 1 atom stereocenters. The van der Waals surface area contributed by atoms with E-state index in [1.54, 1.807) is 43.3 Å². The van der Waals surface area contributed by atoms with Crippen LogP contribution >= 0.6 is 11.8 Å². The van der Waals surface area contributed by atoms with Gasteiger partial charge in [-0.1, -0.05) is 12.1 Å². The summed E-state index contributed by atoms with van der Waals surface area (Å²) >= 11 is 1.27. The number of hydrogen-bond acceptors (Lipinski definition) is 5. The summed E-state index contributed by atoms with van der Waals surface area (Å²) in [4.78, 5) is 24.5. The Bertz CT molecular complexity index is 780. The van der Waals surface area contributed by atoms with Gasteiger partial charge >= 0.3 is 0 Å². The lowest BCUT2D eigenvalue weighted by molar-refractivity contribution is -0.115. The van der Waals surface area contributed by atoms with Crippen LogP contribution in [0.25, 0.3) is 0 Å². The summed E-state index contributed by atoms with van der Waals surface area (Å²) in [7, 11) is 0. The summed E-state index contributed by atoms with van der Waals surface area (Å²) in [6.07, 6.45) is 0. The van der Waals surface area contributed by atoms with Crippen LogP contribution in [-0.4, -0.2) is 36.0 Å². The predicted molar refractivity (Wildman–Crippen MR) is 114 cm³/mol. The van der Waals surface area contributed by atoms with E-state index in [9.17, 15) is 9.59 Å². The Balaban J connectivity index is 1.81. The fraction of sp³-hybridized carbons (Fsp3) is 0.333. The normalized spacial score (nSPS) is 11.4. The summed E-state index contributed by atoms with van der Waals surface area (Å²) in [5, 5.41) is 5.29. The van der Waals surface area contributed by atoms with Gasteiger partial charge in [-0.25, -0.2) is 0 Å². The van der Waals surface area contributed by atoms with Crippen molar-refractivity contribution in [3.05, 3.63) is 48.5 Å². The number of nitrogens with one attached hydrogen (secondary N) is 2. The third-order valence-corrected chi connectivity index (χ3v) is 4.87. The first-order valence-corrected chi connectivity index (χ1v) is 10.2. The van der Waals surface area contributed by atoms with Crippen molar-refractivity contribution < 1.29 is 19.1 Å². The number of carbonyl (C=O) groups excluding carboxylic acids is 2. The lowest BCUT2D eigenvalue weighted by Crippen LogP contribution is -2.25. The number of anilines is 2. The standard InChI is InChI=1S/C21H26N2O4S/c1-4-26-17-12-10-16(11-13-17)22-21(25)15(3)28-14-20(24)23-18-8-6-7-9-19(18)27-5-2/h6-13,15H,4-5,14H2,1-3H3,(H,22,25)(H,23,24). The van der Waals surface area contributed by atoms with Gasteiger partial charge in [0.25, 0.3) is 0 Å². The molecule has 2 rings (SSSR count). The van der Waals surface area contributed by atoms with E-state index >= 15 is 0 Å². The van der Waals surface area contributed by atoms with Crippen LogP contribution in [0.5, 0.6) is 11.5 Å². The highest BCUT2D eigenvalue weighted by Gasteiger charge is 2.16. The SMILES string of the molecule is CCOc1ccc(NC(=O)C(C)SCC(=O)Nc2ccccc2OCC)cc1. The average Bonchev–Trinajstić information content (AvgIpc) is 2.69. The van der Waals surface area contributed by atoms with Crippen molar-refractivity contribution >= 4 is 35.0 Å². The van der Waals surface area contributed by atoms with Gasteiger partial charge in [-0.2, -0.15) is 0 Å². The van der Waals surface area contributed by atoms with Crippen molar-refractivity contribution in [1.82, 2.24) is 0 Å². The Morgan fingerprint density at radius 3 is 2.32 bits per heavy atom. The molecule has 0 heterocycles. The Morgan fingerprint density at radius 1 is 0.964 bits per heavy atom.